The Labute approximate surface area is 119 Å². The van der Waals surface area contributed by atoms with Gasteiger partial charge in [0.15, 0.2) is 0 Å². The smallest absolute Gasteiger partial charge is 0.0482 e. The molecule has 0 radical (unpaired) electrons. The summed E-state index contributed by atoms with van der Waals surface area (Å²) in [5, 5.41) is 4.52. The highest BCUT2D eigenvalue weighted by Gasteiger charge is 2.30. The Kier molecular flexibility index (Phi) is 3.46. The molecule has 0 amide bonds. The fourth-order valence-corrected chi connectivity index (χ4v) is 4.63. The van der Waals surface area contributed by atoms with Crippen molar-refractivity contribution >= 4 is 22.7 Å². The van der Waals surface area contributed by atoms with Gasteiger partial charge in [-0.05, 0) is 38.8 Å². The van der Waals surface area contributed by atoms with E-state index in [1.165, 1.54) is 20.9 Å². The second-order valence-corrected chi connectivity index (χ2v) is 8.66. The fourth-order valence-electron chi connectivity index (χ4n) is 2.24. The second kappa shape index (κ2) is 4.50. The summed E-state index contributed by atoms with van der Waals surface area (Å²) in [6, 6.07) is 4.38. The Balaban J connectivity index is 2.67. The van der Waals surface area contributed by atoms with Crippen LogP contribution in [0.3, 0.4) is 0 Å². The summed E-state index contributed by atoms with van der Waals surface area (Å²) < 4.78 is 0. The molecule has 2 aromatic heterocycles. The Morgan fingerprint density at radius 3 is 2.00 bits per heavy atom. The Morgan fingerprint density at radius 1 is 0.889 bits per heavy atom. The standard InChI is InChI=1S/C16H22S2/c1-15(2,3)11-10-18-14(12-8-7-9-17-12)13(11)16(4,5)6/h7-10H,1-6H3. The lowest BCUT2D eigenvalue weighted by Gasteiger charge is -2.28. The molecule has 0 bridgehead atoms. The van der Waals surface area contributed by atoms with Gasteiger partial charge in [0.1, 0.15) is 0 Å². The van der Waals surface area contributed by atoms with Gasteiger partial charge in [0.25, 0.3) is 0 Å². The average Bonchev–Trinajstić information content (AvgIpc) is 2.83. The van der Waals surface area contributed by atoms with Gasteiger partial charge in [-0.2, -0.15) is 0 Å². The number of thiophene rings is 2. The van der Waals surface area contributed by atoms with Gasteiger partial charge >= 0.3 is 0 Å². The van der Waals surface area contributed by atoms with Crippen molar-refractivity contribution in [3.05, 3.63) is 34.0 Å². The van der Waals surface area contributed by atoms with Crippen molar-refractivity contribution < 1.29 is 0 Å². The molecule has 2 heterocycles. The second-order valence-electron chi connectivity index (χ2n) is 6.83. The Hall–Kier alpha value is -0.600. The maximum Gasteiger partial charge on any atom is 0.0482 e. The Bertz CT molecular complexity index is 516. The number of hydrogen-bond acceptors (Lipinski definition) is 2. The summed E-state index contributed by atoms with van der Waals surface area (Å²) in [6.45, 7) is 13.9. The van der Waals surface area contributed by atoms with Gasteiger partial charge in [-0.1, -0.05) is 47.6 Å². The largest absolute Gasteiger partial charge is 0.143 e. The van der Waals surface area contributed by atoms with Crippen LogP contribution < -0.4 is 0 Å². The van der Waals surface area contributed by atoms with Crippen molar-refractivity contribution in [2.24, 2.45) is 0 Å². The summed E-state index contributed by atoms with van der Waals surface area (Å²) >= 11 is 3.74. The van der Waals surface area contributed by atoms with Crippen molar-refractivity contribution in [2.45, 2.75) is 52.4 Å². The molecule has 0 nitrogen and oxygen atoms in total. The van der Waals surface area contributed by atoms with Crippen LogP contribution in [0.15, 0.2) is 22.9 Å². The van der Waals surface area contributed by atoms with Gasteiger partial charge in [-0.15, -0.1) is 22.7 Å². The molecule has 2 aromatic rings. The third-order valence-electron chi connectivity index (χ3n) is 3.09. The highest BCUT2D eigenvalue weighted by molar-refractivity contribution is 7.20. The number of hydrogen-bond donors (Lipinski definition) is 0. The lowest BCUT2D eigenvalue weighted by atomic mass is 9.76. The molecule has 0 saturated carbocycles. The molecule has 0 fully saturated rings. The van der Waals surface area contributed by atoms with E-state index in [9.17, 15) is 0 Å². The molecule has 2 rings (SSSR count). The molecule has 2 heteroatoms. The third-order valence-corrected chi connectivity index (χ3v) is 5.12. The maximum absolute atomic E-state index is 2.36. The van der Waals surface area contributed by atoms with E-state index in [1.54, 1.807) is 0 Å². The highest BCUT2D eigenvalue weighted by Crippen LogP contribution is 2.45. The minimum atomic E-state index is 0.196. The van der Waals surface area contributed by atoms with Crippen LogP contribution in [0.4, 0.5) is 0 Å². The predicted molar refractivity (Wildman–Crippen MR) is 85.0 cm³/mol. The molecule has 0 aliphatic rings. The highest BCUT2D eigenvalue weighted by atomic mass is 32.1. The van der Waals surface area contributed by atoms with E-state index in [2.05, 4.69) is 64.4 Å². The van der Waals surface area contributed by atoms with E-state index >= 15 is 0 Å². The van der Waals surface area contributed by atoms with Crippen LogP contribution in [0.2, 0.25) is 0 Å². The Morgan fingerprint density at radius 2 is 1.56 bits per heavy atom. The molecule has 0 N–H and O–H groups in total. The monoisotopic (exact) mass is 278 g/mol. The van der Waals surface area contributed by atoms with Crippen molar-refractivity contribution in [1.82, 2.24) is 0 Å². The van der Waals surface area contributed by atoms with Crippen LogP contribution >= 0.6 is 22.7 Å². The normalized spacial score (nSPS) is 13.0. The van der Waals surface area contributed by atoms with Crippen molar-refractivity contribution in [3.63, 3.8) is 0 Å². The van der Waals surface area contributed by atoms with Crippen LogP contribution in [-0.4, -0.2) is 0 Å². The summed E-state index contributed by atoms with van der Waals surface area (Å²) in [6.07, 6.45) is 0. The number of rotatable bonds is 1. The van der Waals surface area contributed by atoms with Gasteiger partial charge in [0.05, 0.1) is 0 Å². The zero-order chi connectivity index (χ0) is 13.6. The van der Waals surface area contributed by atoms with Crippen molar-refractivity contribution in [1.29, 1.82) is 0 Å². The molecule has 0 saturated heterocycles. The predicted octanol–water partition coefficient (Wildman–Crippen LogP) is 6.07. The van der Waals surface area contributed by atoms with Crippen LogP contribution in [0.1, 0.15) is 52.7 Å². The van der Waals surface area contributed by atoms with Crippen molar-refractivity contribution in [2.75, 3.05) is 0 Å². The first-order valence-electron chi connectivity index (χ1n) is 6.37. The van der Waals surface area contributed by atoms with Crippen LogP contribution in [-0.2, 0) is 10.8 Å². The van der Waals surface area contributed by atoms with E-state index in [0.29, 0.717) is 0 Å². The lowest BCUT2D eigenvalue weighted by molar-refractivity contribution is 0.535. The van der Waals surface area contributed by atoms with E-state index in [0.717, 1.165) is 0 Å². The summed E-state index contributed by atoms with van der Waals surface area (Å²) in [7, 11) is 0. The molecular formula is C16H22S2. The van der Waals surface area contributed by atoms with Gasteiger partial charge in [-0.25, -0.2) is 0 Å². The molecule has 0 unspecified atom stereocenters. The minimum absolute atomic E-state index is 0.196. The van der Waals surface area contributed by atoms with E-state index < -0.39 is 0 Å². The van der Waals surface area contributed by atoms with Crippen molar-refractivity contribution in [3.8, 4) is 9.75 Å². The quantitative estimate of drug-likeness (QED) is 0.593. The molecule has 0 aliphatic heterocycles. The maximum atomic E-state index is 2.36. The zero-order valence-electron chi connectivity index (χ0n) is 12.1. The van der Waals surface area contributed by atoms with Gasteiger partial charge in [0, 0.05) is 9.75 Å². The zero-order valence-corrected chi connectivity index (χ0v) is 13.8. The lowest BCUT2D eigenvalue weighted by Crippen LogP contribution is -2.20. The van der Waals surface area contributed by atoms with Crippen LogP contribution in [0.5, 0.6) is 0 Å². The van der Waals surface area contributed by atoms with Crippen LogP contribution in [0, 0.1) is 0 Å². The fraction of sp³-hybridized carbons (Fsp3) is 0.500. The molecule has 0 atom stereocenters. The van der Waals surface area contributed by atoms with E-state index in [1.807, 2.05) is 22.7 Å². The first-order chi connectivity index (χ1) is 8.21. The van der Waals surface area contributed by atoms with E-state index in [4.69, 9.17) is 0 Å². The molecular weight excluding hydrogens is 256 g/mol. The average molecular weight is 278 g/mol. The molecule has 0 aliphatic carbocycles. The summed E-state index contributed by atoms with van der Waals surface area (Å²) in [5.41, 5.74) is 3.45. The van der Waals surface area contributed by atoms with Crippen LogP contribution in [0.25, 0.3) is 9.75 Å². The molecule has 18 heavy (non-hydrogen) atoms. The minimum Gasteiger partial charge on any atom is -0.143 e. The molecule has 0 spiro atoms. The summed E-state index contributed by atoms with van der Waals surface area (Å²) in [5.74, 6) is 0. The molecule has 98 valence electrons. The van der Waals surface area contributed by atoms with Gasteiger partial charge in [0.2, 0.25) is 0 Å². The summed E-state index contributed by atoms with van der Waals surface area (Å²) in [4.78, 5) is 2.86. The molecule has 0 aromatic carbocycles. The topological polar surface area (TPSA) is 0 Å². The van der Waals surface area contributed by atoms with Gasteiger partial charge < -0.3 is 0 Å². The first kappa shape index (κ1) is 13.8. The first-order valence-corrected chi connectivity index (χ1v) is 8.13. The van der Waals surface area contributed by atoms with Gasteiger partial charge in [-0.3, -0.25) is 0 Å². The SMILES string of the molecule is CC(C)(C)c1csc(-c2cccs2)c1C(C)(C)C. The third kappa shape index (κ3) is 2.55. The van der Waals surface area contributed by atoms with E-state index in [-0.39, 0.29) is 10.8 Å².